The van der Waals surface area contributed by atoms with Crippen LogP contribution in [0.1, 0.15) is 44.9 Å². The number of nitrogens with zero attached hydrogens (tertiary/aromatic N) is 1. The van der Waals surface area contributed by atoms with E-state index < -0.39 is 30.0 Å². The van der Waals surface area contributed by atoms with Crippen molar-refractivity contribution < 1.29 is 32.3 Å². The Morgan fingerprint density at radius 1 is 1.27 bits per heavy atom. The fourth-order valence-electron chi connectivity index (χ4n) is 3.77. The van der Waals surface area contributed by atoms with Crippen molar-refractivity contribution in [3.63, 3.8) is 0 Å². The Kier molecular flexibility index (Phi) is 6.26. The lowest BCUT2D eigenvalue weighted by molar-refractivity contribution is -0.223. The first-order valence-electron chi connectivity index (χ1n) is 8.77. The second-order valence-corrected chi connectivity index (χ2v) is 7.01. The largest absolute Gasteiger partial charge is 0.467 e. The molecule has 1 aliphatic heterocycles. The number of Topliss-reactive ketones (excluding diaryl/α,β-unsaturated/α-hetero) is 2. The molecular weight excluding hydrogens is 351 g/mol. The third-order valence-electron chi connectivity index (χ3n) is 5.35. The Morgan fingerprint density at radius 3 is 2.42 bits per heavy atom. The molecule has 0 bridgehead atoms. The van der Waals surface area contributed by atoms with Crippen LogP contribution < -0.4 is 0 Å². The maximum atomic E-state index is 13.7. The van der Waals surface area contributed by atoms with Gasteiger partial charge in [0.25, 0.3) is 0 Å². The number of halogens is 3. The van der Waals surface area contributed by atoms with Gasteiger partial charge in [-0.15, -0.1) is 0 Å². The van der Waals surface area contributed by atoms with Gasteiger partial charge in [0.1, 0.15) is 5.78 Å². The van der Waals surface area contributed by atoms with Crippen LogP contribution in [0.15, 0.2) is 11.6 Å². The topological polar surface area (TPSA) is 63.7 Å². The molecule has 1 saturated carbocycles. The average molecular weight is 375 g/mol. The smallest absolute Gasteiger partial charge is 0.421 e. The molecule has 1 fully saturated rings. The van der Waals surface area contributed by atoms with E-state index in [0.29, 0.717) is 11.0 Å². The molecule has 2 rings (SSSR count). The Morgan fingerprint density at radius 2 is 1.88 bits per heavy atom. The number of rotatable bonds is 5. The Hall–Kier alpha value is -1.70. The average Bonchev–Trinajstić information content (AvgIpc) is 2.60. The third kappa shape index (κ3) is 3.84. The quantitative estimate of drug-likeness (QED) is 0.692. The number of esters is 1. The van der Waals surface area contributed by atoms with Gasteiger partial charge in [0.15, 0.2) is 5.78 Å². The van der Waals surface area contributed by atoms with E-state index in [9.17, 15) is 27.6 Å². The van der Waals surface area contributed by atoms with Gasteiger partial charge in [0.2, 0.25) is 5.54 Å². The molecule has 1 aliphatic carbocycles. The molecule has 146 valence electrons. The van der Waals surface area contributed by atoms with Gasteiger partial charge in [-0.2, -0.15) is 13.2 Å². The lowest BCUT2D eigenvalue weighted by Crippen LogP contribution is -2.65. The van der Waals surface area contributed by atoms with E-state index in [2.05, 4.69) is 4.74 Å². The van der Waals surface area contributed by atoms with E-state index in [1.165, 1.54) is 0 Å². The molecule has 5 nitrogen and oxygen atoms in total. The van der Waals surface area contributed by atoms with Crippen LogP contribution in [-0.2, 0) is 19.1 Å². The van der Waals surface area contributed by atoms with Crippen LogP contribution in [0, 0.1) is 5.92 Å². The molecule has 1 heterocycles. The fourth-order valence-corrected chi connectivity index (χ4v) is 3.77. The molecule has 0 saturated heterocycles. The number of hydrogen-bond donors (Lipinski definition) is 0. The van der Waals surface area contributed by atoms with Crippen molar-refractivity contribution >= 4 is 17.5 Å². The van der Waals surface area contributed by atoms with Crippen LogP contribution in [-0.4, -0.2) is 54.9 Å². The maximum Gasteiger partial charge on any atom is 0.421 e. The van der Waals surface area contributed by atoms with Crippen LogP contribution in [0.3, 0.4) is 0 Å². The highest BCUT2D eigenvalue weighted by Crippen LogP contribution is 2.41. The van der Waals surface area contributed by atoms with Crippen molar-refractivity contribution in [1.29, 1.82) is 0 Å². The molecule has 1 atom stereocenters. The predicted octanol–water partition coefficient (Wildman–Crippen LogP) is 2.83. The minimum atomic E-state index is -4.95. The lowest BCUT2D eigenvalue weighted by Gasteiger charge is -2.41. The summed E-state index contributed by atoms with van der Waals surface area (Å²) in [6.45, 7) is -0.557. The summed E-state index contributed by atoms with van der Waals surface area (Å²) in [4.78, 5) is 37.1. The molecular formula is C18H24F3NO4. The zero-order valence-corrected chi connectivity index (χ0v) is 15.0. The summed E-state index contributed by atoms with van der Waals surface area (Å²) in [6.07, 6.45) is 0.245. The zero-order chi connectivity index (χ0) is 19.5. The van der Waals surface area contributed by atoms with Gasteiger partial charge in [-0.05, 0) is 38.0 Å². The van der Waals surface area contributed by atoms with Crippen LogP contribution in [0.2, 0.25) is 0 Å². The summed E-state index contributed by atoms with van der Waals surface area (Å²) in [5.41, 5.74) is -3.13. The van der Waals surface area contributed by atoms with Crippen molar-refractivity contribution in [1.82, 2.24) is 4.90 Å². The van der Waals surface area contributed by atoms with Gasteiger partial charge >= 0.3 is 12.1 Å². The minimum Gasteiger partial charge on any atom is -0.467 e. The molecule has 8 heteroatoms. The maximum absolute atomic E-state index is 13.7. The molecule has 2 aliphatic rings. The summed E-state index contributed by atoms with van der Waals surface area (Å²) in [6, 6.07) is 0. The monoisotopic (exact) mass is 375 g/mol. The van der Waals surface area contributed by atoms with E-state index in [4.69, 9.17) is 0 Å². The highest BCUT2D eigenvalue weighted by Gasteiger charge is 2.64. The summed E-state index contributed by atoms with van der Waals surface area (Å²) in [5.74, 6) is -2.09. The van der Waals surface area contributed by atoms with Crippen molar-refractivity contribution in [2.24, 2.45) is 5.92 Å². The van der Waals surface area contributed by atoms with E-state index in [-0.39, 0.29) is 30.1 Å². The van der Waals surface area contributed by atoms with E-state index in [1.807, 2.05) is 0 Å². The molecule has 0 aromatic heterocycles. The zero-order valence-electron chi connectivity index (χ0n) is 15.0. The second kappa shape index (κ2) is 7.90. The first kappa shape index (κ1) is 20.6. The number of ether oxygens (including phenoxy) is 1. The van der Waals surface area contributed by atoms with E-state index >= 15 is 0 Å². The minimum absolute atomic E-state index is 0.0149. The highest BCUT2D eigenvalue weighted by molar-refractivity contribution is 6.01. The van der Waals surface area contributed by atoms with E-state index in [1.54, 1.807) is 0 Å². The predicted molar refractivity (Wildman–Crippen MR) is 87.3 cm³/mol. The number of hydrogen-bond acceptors (Lipinski definition) is 5. The lowest BCUT2D eigenvalue weighted by atomic mass is 9.82. The van der Waals surface area contributed by atoms with Gasteiger partial charge in [0, 0.05) is 12.3 Å². The fraction of sp³-hybridized carbons (Fsp3) is 0.722. The van der Waals surface area contributed by atoms with Crippen LogP contribution >= 0.6 is 0 Å². The molecule has 26 heavy (non-hydrogen) atoms. The first-order chi connectivity index (χ1) is 12.1. The second-order valence-electron chi connectivity index (χ2n) is 7.01. The first-order valence-corrected chi connectivity index (χ1v) is 8.77. The normalized spacial score (nSPS) is 25.7. The van der Waals surface area contributed by atoms with Crippen LogP contribution in [0.5, 0.6) is 0 Å². The standard InChI is InChI=1S/C18H24F3NO4/c1-22-11-15(24)13(8-9-14(23)12-6-4-3-5-7-12)10-17(22,16(25)26-2)18(19,20)21/h10,12H,3-9,11H2,1-2H3. The number of alkyl halides is 3. The summed E-state index contributed by atoms with van der Waals surface area (Å²) in [7, 11) is 1.93. The van der Waals surface area contributed by atoms with Crippen molar-refractivity contribution in [2.45, 2.75) is 56.7 Å². The van der Waals surface area contributed by atoms with Gasteiger partial charge in [-0.3, -0.25) is 14.5 Å². The van der Waals surface area contributed by atoms with Crippen molar-refractivity contribution in [3.05, 3.63) is 11.6 Å². The molecule has 0 aromatic rings. The van der Waals surface area contributed by atoms with E-state index in [0.717, 1.165) is 46.3 Å². The molecule has 1 unspecified atom stereocenters. The number of methoxy groups -OCH3 is 1. The SMILES string of the molecule is COC(=O)C1(C(F)(F)F)C=C(CCC(=O)C2CCCCC2)C(=O)CN1C. The summed E-state index contributed by atoms with van der Waals surface area (Å²) in [5, 5.41) is 0. The van der Waals surface area contributed by atoms with Gasteiger partial charge in [-0.25, -0.2) is 4.79 Å². The van der Waals surface area contributed by atoms with Gasteiger partial charge in [-0.1, -0.05) is 19.3 Å². The number of carbonyl (C=O) groups is 3. The Bertz CT molecular complexity index is 608. The van der Waals surface area contributed by atoms with Crippen molar-refractivity contribution in [2.75, 3.05) is 20.7 Å². The molecule has 0 radical (unpaired) electrons. The van der Waals surface area contributed by atoms with Crippen molar-refractivity contribution in [3.8, 4) is 0 Å². The summed E-state index contributed by atoms with van der Waals surface area (Å²) >= 11 is 0. The molecule has 0 amide bonds. The van der Waals surface area contributed by atoms with Crippen LogP contribution in [0.4, 0.5) is 13.2 Å². The number of carbonyl (C=O) groups excluding carboxylic acids is 3. The summed E-state index contributed by atoms with van der Waals surface area (Å²) < 4.78 is 45.5. The molecule has 0 N–H and O–H groups in total. The van der Waals surface area contributed by atoms with Crippen LogP contribution in [0.25, 0.3) is 0 Å². The molecule has 0 spiro atoms. The Labute approximate surface area is 150 Å². The highest BCUT2D eigenvalue weighted by atomic mass is 19.4. The third-order valence-corrected chi connectivity index (χ3v) is 5.35. The van der Waals surface area contributed by atoms with Gasteiger partial charge < -0.3 is 4.74 Å². The molecule has 0 aromatic carbocycles. The number of likely N-dealkylation sites (N-methyl/N-ethyl adjacent to an activating group) is 1. The van der Waals surface area contributed by atoms with Gasteiger partial charge in [0.05, 0.1) is 13.7 Å². The Balaban J connectivity index is 2.23. The number of ketones is 2.